The number of hydrogen-bond donors (Lipinski definition) is 0. The average molecular weight is 340 g/mol. The van der Waals surface area contributed by atoms with Gasteiger partial charge >= 0.3 is 0 Å². The third-order valence-electron chi connectivity index (χ3n) is 4.19. The van der Waals surface area contributed by atoms with Crippen LogP contribution >= 0.6 is 0 Å². The standard InChI is InChI=1S/C21H24O4/c1-2-3-12-23-18-8-4-16(5-9-18)6-10-19(22)17-7-11-20-21(15-17)25-14-13-24-20/h4-5,7-9,11,15H,2-3,6,10,12-14H2,1H3. The molecule has 0 bridgehead atoms. The van der Waals surface area contributed by atoms with E-state index in [-0.39, 0.29) is 5.78 Å². The van der Waals surface area contributed by atoms with Gasteiger partial charge in [-0.2, -0.15) is 0 Å². The molecule has 2 aromatic carbocycles. The molecular formula is C21H24O4. The summed E-state index contributed by atoms with van der Waals surface area (Å²) >= 11 is 0. The molecule has 0 radical (unpaired) electrons. The van der Waals surface area contributed by atoms with Crippen LogP contribution in [0.5, 0.6) is 17.2 Å². The highest BCUT2D eigenvalue weighted by Gasteiger charge is 2.14. The van der Waals surface area contributed by atoms with E-state index in [2.05, 4.69) is 6.92 Å². The van der Waals surface area contributed by atoms with Gasteiger partial charge in [0.15, 0.2) is 17.3 Å². The Balaban J connectivity index is 1.53. The zero-order valence-corrected chi connectivity index (χ0v) is 14.6. The Morgan fingerprint density at radius 2 is 1.80 bits per heavy atom. The Bertz CT molecular complexity index is 706. The number of benzene rings is 2. The molecule has 132 valence electrons. The summed E-state index contributed by atoms with van der Waals surface area (Å²) in [5, 5.41) is 0. The molecule has 4 nitrogen and oxygen atoms in total. The van der Waals surface area contributed by atoms with Crippen molar-refractivity contribution in [2.75, 3.05) is 19.8 Å². The van der Waals surface area contributed by atoms with Crippen molar-refractivity contribution in [3.05, 3.63) is 53.6 Å². The lowest BCUT2D eigenvalue weighted by Gasteiger charge is -2.18. The maximum atomic E-state index is 12.4. The summed E-state index contributed by atoms with van der Waals surface area (Å²) in [5.41, 5.74) is 1.80. The summed E-state index contributed by atoms with van der Waals surface area (Å²) in [4.78, 5) is 12.4. The van der Waals surface area contributed by atoms with E-state index in [9.17, 15) is 4.79 Å². The predicted molar refractivity (Wildman–Crippen MR) is 96.9 cm³/mol. The third kappa shape index (κ3) is 4.75. The van der Waals surface area contributed by atoms with Gasteiger partial charge in [-0.05, 0) is 48.7 Å². The first-order valence-electron chi connectivity index (χ1n) is 8.91. The molecule has 3 rings (SSSR count). The molecule has 1 heterocycles. The van der Waals surface area contributed by atoms with Gasteiger partial charge in [0.25, 0.3) is 0 Å². The van der Waals surface area contributed by atoms with Crippen LogP contribution in [0.4, 0.5) is 0 Å². The van der Waals surface area contributed by atoms with Gasteiger partial charge in [0, 0.05) is 12.0 Å². The van der Waals surface area contributed by atoms with Crippen LogP contribution in [0, 0.1) is 0 Å². The van der Waals surface area contributed by atoms with Gasteiger partial charge in [-0.15, -0.1) is 0 Å². The normalized spacial score (nSPS) is 12.7. The van der Waals surface area contributed by atoms with Crippen molar-refractivity contribution in [2.24, 2.45) is 0 Å². The first-order valence-corrected chi connectivity index (χ1v) is 8.91. The molecule has 1 aliphatic rings. The maximum Gasteiger partial charge on any atom is 0.163 e. The van der Waals surface area contributed by atoms with Gasteiger partial charge < -0.3 is 14.2 Å². The van der Waals surface area contributed by atoms with Crippen molar-refractivity contribution in [1.29, 1.82) is 0 Å². The van der Waals surface area contributed by atoms with Crippen molar-refractivity contribution < 1.29 is 19.0 Å². The fraction of sp³-hybridized carbons (Fsp3) is 0.381. The molecule has 0 spiro atoms. The predicted octanol–water partition coefficient (Wildman–Crippen LogP) is 4.45. The van der Waals surface area contributed by atoms with Crippen LogP contribution < -0.4 is 14.2 Å². The number of ketones is 1. The molecule has 0 amide bonds. The quantitative estimate of drug-likeness (QED) is 0.526. The average Bonchev–Trinajstić information content (AvgIpc) is 2.67. The summed E-state index contributed by atoms with van der Waals surface area (Å²) in [5.74, 6) is 2.36. The summed E-state index contributed by atoms with van der Waals surface area (Å²) in [6, 6.07) is 13.4. The second-order valence-electron chi connectivity index (χ2n) is 6.13. The Labute approximate surface area is 148 Å². The lowest BCUT2D eigenvalue weighted by molar-refractivity contribution is 0.0981. The second-order valence-corrected chi connectivity index (χ2v) is 6.13. The van der Waals surface area contributed by atoms with Crippen molar-refractivity contribution in [2.45, 2.75) is 32.6 Å². The summed E-state index contributed by atoms with van der Waals surface area (Å²) in [6.07, 6.45) is 3.37. The number of carbonyl (C=O) groups excluding carboxylic acids is 1. The zero-order valence-electron chi connectivity index (χ0n) is 14.6. The van der Waals surface area contributed by atoms with E-state index < -0.39 is 0 Å². The monoisotopic (exact) mass is 340 g/mol. The Morgan fingerprint density at radius 1 is 1.04 bits per heavy atom. The topological polar surface area (TPSA) is 44.8 Å². The molecule has 0 aromatic heterocycles. The molecular weight excluding hydrogens is 316 g/mol. The van der Waals surface area contributed by atoms with E-state index in [1.54, 1.807) is 12.1 Å². The summed E-state index contributed by atoms with van der Waals surface area (Å²) in [7, 11) is 0. The van der Waals surface area contributed by atoms with Gasteiger partial charge in [-0.1, -0.05) is 25.5 Å². The zero-order chi connectivity index (χ0) is 17.5. The van der Waals surface area contributed by atoms with E-state index in [0.717, 1.165) is 30.8 Å². The highest BCUT2D eigenvalue weighted by molar-refractivity contribution is 5.96. The van der Waals surface area contributed by atoms with Crippen molar-refractivity contribution >= 4 is 5.78 Å². The van der Waals surface area contributed by atoms with Gasteiger partial charge in [-0.25, -0.2) is 0 Å². The van der Waals surface area contributed by atoms with Crippen LogP contribution in [-0.2, 0) is 6.42 Å². The smallest absolute Gasteiger partial charge is 0.163 e. The van der Waals surface area contributed by atoms with Gasteiger partial charge in [0.05, 0.1) is 6.61 Å². The number of unbranched alkanes of at least 4 members (excludes halogenated alkanes) is 1. The molecule has 0 N–H and O–H groups in total. The fourth-order valence-corrected chi connectivity index (χ4v) is 2.71. The lowest BCUT2D eigenvalue weighted by atomic mass is 10.0. The molecule has 25 heavy (non-hydrogen) atoms. The number of Topliss-reactive ketones (excluding diaryl/α,β-unsaturated/α-hetero) is 1. The van der Waals surface area contributed by atoms with Crippen LogP contribution in [0.3, 0.4) is 0 Å². The van der Waals surface area contributed by atoms with Crippen LogP contribution in [0.25, 0.3) is 0 Å². The molecule has 0 saturated heterocycles. The van der Waals surface area contributed by atoms with E-state index in [0.29, 0.717) is 43.1 Å². The summed E-state index contributed by atoms with van der Waals surface area (Å²) < 4.78 is 16.7. The minimum absolute atomic E-state index is 0.111. The van der Waals surface area contributed by atoms with Gasteiger partial charge in [-0.3, -0.25) is 4.79 Å². The molecule has 0 aliphatic carbocycles. The SMILES string of the molecule is CCCCOc1ccc(CCC(=O)c2ccc3c(c2)OCCO3)cc1. The number of aryl methyl sites for hydroxylation is 1. The number of carbonyl (C=O) groups is 1. The van der Waals surface area contributed by atoms with Crippen LogP contribution in [-0.4, -0.2) is 25.6 Å². The molecule has 1 aliphatic heterocycles. The van der Waals surface area contributed by atoms with Crippen LogP contribution in [0.15, 0.2) is 42.5 Å². The highest BCUT2D eigenvalue weighted by Crippen LogP contribution is 2.31. The maximum absolute atomic E-state index is 12.4. The van der Waals surface area contributed by atoms with Gasteiger partial charge in [0.1, 0.15) is 19.0 Å². The van der Waals surface area contributed by atoms with E-state index in [1.165, 1.54) is 0 Å². The Morgan fingerprint density at radius 3 is 2.56 bits per heavy atom. The van der Waals surface area contributed by atoms with E-state index in [4.69, 9.17) is 14.2 Å². The number of hydrogen-bond acceptors (Lipinski definition) is 4. The first kappa shape index (κ1) is 17.3. The molecule has 0 unspecified atom stereocenters. The number of ether oxygens (including phenoxy) is 3. The van der Waals surface area contributed by atoms with Crippen LogP contribution in [0.1, 0.15) is 42.1 Å². The molecule has 0 atom stereocenters. The molecule has 4 heteroatoms. The van der Waals surface area contributed by atoms with Crippen molar-refractivity contribution in [3.8, 4) is 17.2 Å². The minimum atomic E-state index is 0.111. The Hall–Kier alpha value is -2.49. The fourth-order valence-electron chi connectivity index (χ4n) is 2.71. The summed E-state index contributed by atoms with van der Waals surface area (Å²) in [6.45, 7) is 3.97. The first-order chi connectivity index (χ1) is 12.3. The highest BCUT2D eigenvalue weighted by atomic mass is 16.6. The molecule has 2 aromatic rings. The van der Waals surface area contributed by atoms with E-state index in [1.807, 2.05) is 30.3 Å². The van der Waals surface area contributed by atoms with E-state index >= 15 is 0 Å². The minimum Gasteiger partial charge on any atom is -0.494 e. The number of fused-ring (bicyclic) bond motifs is 1. The van der Waals surface area contributed by atoms with Gasteiger partial charge in [0.2, 0.25) is 0 Å². The Kier molecular flexibility index (Phi) is 5.94. The largest absolute Gasteiger partial charge is 0.494 e. The number of rotatable bonds is 8. The van der Waals surface area contributed by atoms with Crippen LogP contribution in [0.2, 0.25) is 0 Å². The molecule has 0 fully saturated rings. The lowest BCUT2D eigenvalue weighted by Crippen LogP contribution is -2.15. The van der Waals surface area contributed by atoms with Crippen molar-refractivity contribution in [3.63, 3.8) is 0 Å². The second kappa shape index (κ2) is 8.56. The third-order valence-corrected chi connectivity index (χ3v) is 4.19. The van der Waals surface area contributed by atoms with Crippen molar-refractivity contribution in [1.82, 2.24) is 0 Å². The molecule has 0 saturated carbocycles.